The van der Waals surface area contributed by atoms with Gasteiger partial charge in [0.15, 0.2) is 0 Å². The molecule has 3 aliphatic carbocycles. The van der Waals surface area contributed by atoms with E-state index in [1.807, 2.05) is 6.92 Å². The number of fused-ring (bicyclic) bond motifs is 3. The molecule has 0 amide bonds. The molecule has 0 aliphatic heterocycles. The van der Waals surface area contributed by atoms with Crippen LogP contribution in [0.15, 0.2) is 11.6 Å². The van der Waals surface area contributed by atoms with Crippen molar-refractivity contribution >= 4 is 0 Å². The van der Waals surface area contributed by atoms with Gasteiger partial charge < -0.3 is 5.11 Å². The summed E-state index contributed by atoms with van der Waals surface area (Å²) in [6.45, 7) is 9.35. The Balaban J connectivity index is 1.85. The Kier molecular flexibility index (Phi) is 4.74. The molecule has 0 spiro atoms. The molecule has 0 aromatic rings. The Hall–Kier alpha value is -0.300. The molecule has 1 N–H and O–H groups in total. The lowest BCUT2D eigenvalue weighted by Crippen LogP contribution is -2.45. The molecule has 22 heavy (non-hydrogen) atoms. The van der Waals surface area contributed by atoms with Crippen LogP contribution in [-0.4, -0.2) is 11.2 Å². The molecule has 7 unspecified atom stereocenters. The van der Waals surface area contributed by atoms with Crippen LogP contribution in [0.25, 0.3) is 0 Å². The highest BCUT2D eigenvalue weighted by Crippen LogP contribution is 2.63. The van der Waals surface area contributed by atoms with Gasteiger partial charge in [-0.3, -0.25) is 0 Å². The van der Waals surface area contributed by atoms with Crippen LogP contribution < -0.4 is 0 Å². The van der Waals surface area contributed by atoms with Gasteiger partial charge in [0.2, 0.25) is 0 Å². The van der Waals surface area contributed by atoms with Gasteiger partial charge in [0.1, 0.15) is 0 Å². The van der Waals surface area contributed by atoms with Crippen molar-refractivity contribution in [3.8, 4) is 0 Å². The maximum atomic E-state index is 9.84. The predicted molar refractivity (Wildman–Crippen MR) is 93.6 cm³/mol. The first-order chi connectivity index (χ1) is 10.5. The number of aliphatic hydroxyl groups is 1. The van der Waals surface area contributed by atoms with E-state index in [-0.39, 0.29) is 6.10 Å². The highest BCUT2D eigenvalue weighted by atomic mass is 16.3. The molecule has 3 fully saturated rings. The minimum atomic E-state index is -0.272. The molecule has 3 rings (SSSR count). The van der Waals surface area contributed by atoms with Crippen molar-refractivity contribution in [2.75, 3.05) is 0 Å². The van der Waals surface area contributed by atoms with Crippen molar-refractivity contribution in [3.63, 3.8) is 0 Å². The van der Waals surface area contributed by atoms with E-state index in [1.165, 1.54) is 51.4 Å². The predicted octanol–water partition coefficient (Wildman–Crippen LogP) is 5.58. The fourth-order valence-electron chi connectivity index (χ4n) is 6.52. The number of allylic oxidation sites excluding steroid dienone is 1. The summed E-state index contributed by atoms with van der Waals surface area (Å²) in [5, 5.41) is 9.84. The van der Waals surface area contributed by atoms with E-state index >= 15 is 0 Å². The zero-order chi connectivity index (χ0) is 15.9. The molecule has 7 atom stereocenters. The van der Waals surface area contributed by atoms with E-state index < -0.39 is 0 Å². The van der Waals surface area contributed by atoms with Gasteiger partial charge in [0, 0.05) is 0 Å². The van der Waals surface area contributed by atoms with Crippen LogP contribution in [0.5, 0.6) is 0 Å². The van der Waals surface area contributed by atoms with Crippen LogP contribution in [0, 0.1) is 35.0 Å². The second kappa shape index (κ2) is 6.30. The average Bonchev–Trinajstić information content (AvgIpc) is 2.77. The molecular weight excluding hydrogens is 268 g/mol. The molecule has 3 saturated carbocycles. The third-order valence-corrected chi connectivity index (χ3v) is 7.78. The Labute approximate surface area is 137 Å². The number of rotatable bonds is 3. The van der Waals surface area contributed by atoms with Gasteiger partial charge in [-0.1, -0.05) is 38.8 Å². The summed E-state index contributed by atoms with van der Waals surface area (Å²) in [6, 6.07) is 0. The van der Waals surface area contributed by atoms with Crippen LogP contribution in [-0.2, 0) is 0 Å². The quantitative estimate of drug-likeness (QED) is 0.675. The Morgan fingerprint density at radius 3 is 2.68 bits per heavy atom. The first-order valence-corrected chi connectivity index (χ1v) is 9.86. The molecule has 0 heterocycles. The molecule has 0 saturated heterocycles. The van der Waals surface area contributed by atoms with Crippen molar-refractivity contribution < 1.29 is 5.11 Å². The molecule has 0 bridgehead atoms. The van der Waals surface area contributed by atoms with E-state index in [1.54, 1.807) is 5.57 Å². The first kappa shape index (κ1) is 16.6. The lowest BCUT2D eigenvalue weighted by atomic mass is 9.52. The van der Waals surface area contributed by atoms with Crippen molar-refractivity contribution in [3.05, 3.63) is 11.6 Å². The highest BCUT2D eigenvalue weighted by Gasteiger charge is 2.54. The summed E-state index contributed by atoms with van der Waals surface area (Å²) in [5.74, 6) is 4.54. The molecule has 3 aliphatic rings. The minimum absolute atomic E-state index is 0.272. The van der Waals surface area contributed by atoms with E-state index in [4.69, 9.17) is 0 Å². The monoisotopic (exact) mass is 304 g/mol. The first-order valence-electron chi connectivity index (χ1n) is 9.86. The topological polar surface area (TPSA) is 20.2 Å². The Bertz CT molecular complexity index is 424. The van der Waals surface area contributed by atoms with Crippen LogP contribution >= 0.6 is 0 Å². The third-order valence-electron chi connectivity index (χ3n) is 7.78. The van der Waals surface area contributed by atoms with Crippen molar-refractivity contribution in [2.45, 2.75) is 85.2 Å². The van der Waals surface area contributed by atoms with Gasteiger partial charge in [-0.05, 0) is 86.9 Å². The Morgan fingerprint density at radius 2 is 2.00 bits per heavy atom. The lowest BCUT2D eigenvalue weighted by Gasteiger charge is -2.53. The van der Waals surface area contributed by atoms with E-state index in [9.17, 15) is 5.11 Å². The SMILES string of the molecule is CCCC1/C(=C\C(C)O)CCC2C1CCC1(C)C(C)CCC21. The fourth-order valence-corrected chi connectivity index (χ4v) is 6.52. The molecular formula is C21H36O. The standard InChI is InChI=1S/C21H36O/c1-5-6-17-16(13-15(3)22)8-9-19-18(17)11-12-21(4)14(2)7-10-20(19)21/h13-15,17-20,22H,5-12H2,1-4H3/b16-13-. The van der Waals surface area contributed by atoms with Crippen molar-refractivity contribution in [1.82, 2.24) is 0 Å². The Morgan fingerprint density at radius 1 is 1.23 bits per heavy atom. The molecule has 0 aromatic heterocycles. The zero-order valence-corrected chi connectivity index (χ0v) is 15.1. The second-order valence-corrected chi connectivity index (χ2v) is 8.87. The van der Waals surface area contributed by atoms with Gasteiger partial charge in [-0.2, -0.15) is 0 Å². The van der Waals surface area contributed by atoms with Crippen LogP contribution in [0.4, 0.5) is 0 Å². The smallest absolute Gasteiger partial charge is 0.0695 e. The fraction of sp³-hybridized carbons (Fsp3) is 0.905. The summed E-state index contributed by atoms with van der Waals surface area (Å²) in [6.07, 6.45) is 13.0. The van der Waals surface area contributed by atoms with Crippen molar-refractivity contribution in [1.29, 1.82) is 0 Å². The van der Waals surface area contributed by atoms with Crippen molar-refractivity contribution in [2.24, 2.45) is 35.0 Å². The average molecular weight is 305 g/mol. The van der Waals surface area contributed by atoms with Gasteiger partial charge in [-0.25, -0.2) is 0 Å². The van der Waals surface area contributed by atoms with E-state index in [0.717, 1.165) is 29.6 Å². The zero-order valence-electron chi connectivity index (χ0n) is 15.1. The van der Waals surface area contributed by atoms with E-state index in [2.05, 4.69) is 26.8 Å². The largest absolute Gasteiger partial charge is 0.389 e. The van der Waals surface area contributed by atoms with Crippen LogP contribution in [0.2, 0.25) is 0 Å². The van der Waals surface area contributed by atoms with Gasteiger partial charge in [0.25, 0.3) is 0 Å². The molecule has 1 heteroatoms. The third kappa shape index (κ3) is 2.68. The maximum absolute atomic E-state index is 9.84. The summed E-state index contributed by atoms with van der Waals surface area (Å²) < 4.78 is 0. The molecule has 1 nitrogen and oxygen atoms in total. The maximum Gasteiger partial charge on any atom is 0.0695 e. The summed E-state index contributed by atoms with van der Waals surface area (Å²) in [7, 11) is 0. The van der Waals surface area contributed by atoms with Crippen LogP contribution in [0.3, 0.4) is 0 Å². The molecule has 0 radical (unpaired) electrons. The molecule has 126 valence electrons. The lowest BCUT2D eigenvalue weighted by molar-refractivity contribution is -0.0173. The van der Waals surface area contributed by atoms with E-state index in [0.29, 0.717) is 5.41 Å². The minimum Gasteiger partial charge on any atom is -0.389 e. The second-order valence-electron chi connectivity index (χ2n) is 8.87. The summed E-state index contributed by atoms with van der Waals surface area (Å²) >= 11 is 0. The van der Waals surface area contributed by atoms with Crippen LogP contribution in [0.1, 0.15) is 79.1 Å². The summed E-state index contributed by atoms with van der Waals surface area (Å²) in [5.41, 5.74) is 2.22. The number of hydrogen-bond donors (Lipinski definition) is 1. The van der Waals surface area contributed by atoms with Gasteiger partial charge in [-0.15, -0.1) is 0 Å². The van der Waals surface area contributed by atoms with Gasteiger partial charge >= 0.3 is 0 Å². The number of hydrogen-bond acceptors (Lipinski definition) is 1. The summed E-state index contributed by atoms with van der Waals surface area (Å²) in [4.78, 5) is 0. The van der Waals surface area contributed by atoms with Gasteiger partial charge in [0.05, 0.1) is 6.10 Å². The number of aliphatic hydroxyl groups excluding tert-OH is 1. The normalized spacial score (nSPS) is 48.0. The molecule has 0 aromatic carbocycles. The highest BCUT2D eigenvalue weighted by molar-refractivity contribution is 5.17.